The molecule has 19 heavy (non-hydrogen) atoms. The molecule has 0 bridgehead atoms. The van der Waals surface area contributed by atoms with Gasteiger partial charge in [-0.1, -0.05) is 28.1 Å². The molecule has 94 valence electrons. The second-order valence-electron chi connectivity index (χ2n) is 4.16. The lowest BCUT2D eigenvalue weighted by molar-refractivity contribution is 1.17. The first kappa shape index (κ1) is 11.9. The van der Waals surface area contributed by atoms with Gasteiger partial charge in [0.05, 0.1) is 11.9 Å². The molecule has 4 nitrogen and oxygen atoms in total. The zero-order valence-corrected chi connectivity index (χ0v) is 11.6. The number of nitrogens with two attached hydrogens (primary N) is 1. The van der Waals surface area contributed by atoms with Crippen LogP contribution in [0.25, 0.3) is 10.8 Å². The second-order valence-corrected chi connectivity index (χ2v) is 5.07. The third kappa shape index (κ3) is 2.51. The largest absolute Gasteiger partial charge is 0.394 e. The van der Waals surface area contributed by atoms with Gasteiger partial charge in [0, 0.05) is 10.2 Å². The van der Waals surface area contributed by atoms with Crippen LogP contribution in [-0.4, -0.2) is 9.97 Å². The fourth-order valence-corrected chi connectivity index (χ4v) is 2.25. The third-order valence-corrected chi connectivity index (χ3v) is 3.30. The number of hydrogen-bond acceptors (Lipinski definition) is 4. The summed E-state index contributed by atoms with van der Waals surface area (Å²) >= 11 is 3.47. The lowest BCUT2D eigenvalue weighted by atomic mass is 10.1. The Labute approximate surface area is 118 Å². The van der Waals surface area contributed by atoms with Gasteiger partial charge in [0.2, 0.25) is 0 Å². The van der Waals surface area contributed by atoms with Gasteiger partial charge in [0.15, 0.2) is 5.82 Å². The molecule has 3 aromatic rings. The van der Waals surface area contributed by atoms with E-state index in [1.54, 1.807) is 6.20 Å². The highest BCUT2D eigenvalue weighted by molar-refractivity contribution is 9.10. The predicted molar refractivity (Wildman–Crippen MR) is 81.4 cm³/mol. The van der Waals surface area contributed by atoms with E-state index in [0.29, 0.717) is 11.5 Å². The Balaban J connectivity index is 1.98. The van der Waals surface area contributed by atoms with Gasteiger partial charge in [-0.05, 0) is 35.0 Å². The number of anilines is 3. The Morgan fingerprint density at radius 3 is 2.68 bits per heavy atom. The summed E-state index contributed by atoms with van der Waals surface area (Å²) in [6.45, 7) is 0. The highest BCUT2D eigenvalue weighted by Crippen LogP contribution is 2.25. The van der Waals surface area contributed by atoms with E-state index in [1.165, 1.54) is 11.7 Å². The fraction of sp³-hybridized carbons (Fsp3) is 0. The maximum Gasteiger partial charge on any atom is 0.157 e. The molecule has 0 spiro atoms. The zero-order valence-electron chi connectivity index (χ0n) is 9.97. The summed E-state index contributed by atoms with van der Waals surface area (Å²) in [4.78, 5) is 7.98. The van der Waals surface area contributed by atoms with Crippen LogP contribution in [0.1, 0.15) is 0 Å². The lowest BCUT2D eigenvalue weighted by Crippen LogP contribution is -1.99. The molecular weight excluding hydrogens is 304 g/mol. The number of rotatable bonds is 2. The van der Waals surface area contributed by atoms with Gasteiger partial charge in [-0.25, -0.2) is 9.97 Å². The summed E-state index contributed by atoms with van der Waals surface area (Å²) in [5.41, 5.74) is 7.28. The molecular formula is C14H11BrN4. The minimum absolute atomic E-state index is 0.526. The zero-order chi connectivity index (χ0) is 13.2. The van der Waals surface area contributed by atoms with Crippen molar-refractivity contribution in [1.82, 2.24) is 9.97 Å². The van der Waals surface area contributed by atoms with Crippen molar-refractivity contribution in [3.8, 4) is 0 Å². The van der Waals surface area contributed by atoms with E-state index in [0.717, 1.165) is 15.5 Å². The highest BCUT2D eigenvalue weighted by Gasteiger charge is 2.02. The summed E-state index contributed by atoms with van der Waals surface area (Å²) in [6, 6.07) is 12.3. The Morgan fingerprint density at radius 1 is 1.05 bits per heavy atom. The van der Waals surface area contributed by atoms with Gasteiger partial charge >= 0.3 is 0 Å². The van der Waals surface area contributed by atoms with E-state index in [4.69, 9.17) is 5.73 Å². The normalized spacial score (nSPS) is 10.6. The molecule has 5 heteroatoms. The van der Waals surface area contributed by atoms with Crippen molar-refractivity contribution in [2.45, 2.75) is 0 Å². The van der Waals surface area contributed by atoms with Crippen LogP contribution in [0.4, 0.5) is 17.2 Å². The number of nitrogens with zero attached hydrogens (tertiary/aromatic N) is 2. The summed E-state index contributed by atoms with van der Waals surface area (Å²) in [6.07, 6.45) is 3.05. The van der Waals surface area contributed by atoms with Gasteiger partial charge in [-0.3, -0.25) is 0 Å². The first-order chi connectivity index (χ1) is 9.22. The van der Waals surface area contributed by atoms with Crippen LogP contribution < -0.4 is 11.1 Å². The minimum atomic E-state index is 0.526. The molecule has 2 aromatic carbocycles. The van der Waals surface area contributed by atoms with Crippen molar-refractivity contribution in [3.63, 3.8) is 0 Å². The third-order valence-electron chi connectivity index (χ3n) is 2.81. The monoisotopic (exact) mass is 314 g/mol. The molecule has 0 amide bonds. The average molecular weight is 315 g/mol. The first-order valence-corrected chi connectivity index (χ1v) is 6.53. The molecule has 0 unspecified atom stereocenters. The SMILES string of the molecule is Nc1cncnc1Nc1ccc2cc(Br)ccc2c1. The Morgan fingerprint density at radius 2 is 1.84 bits per heavy atom. The summed E-state index contributed by atoms with van der Waals surface area (Å²) in [5.74, 6) is 0.617. The van der Waals surface area contributed by atoms with Gasteiger partial charge in [-0.15, -0.1) is 0 Å². The number of aromatic nitrogens is 2. The van der Waals surface area contributed by atoms with Crippen LogP contribution in [0.15, 0.2) is 53.4 Å². The number of nitrogens with one attached hydrogen (secondary N) is 1. The standard InChI is InChI=1S/C14H11BrN4/c15-11-3-1-10-6-12(4-2-9(10)5-11)19-14-13(16)7-17-8-18-14/h1-8H,16H2,(H,17,18,19). The summed E-state index contributed by atoms with van der Waals surface area (Å²) in [5, 5.41) is 5.52. The molecule has 0 aliphatic heterocycles. The number of nitrogen functional groups attached to an aromatic ring is 1. The molecule has 1 aromatic heterocycles. The van der Waals surface area contributed by atoms with Crippen molar-refractivity contribution in [2.24, 2.45) is 0 Å². The molecule has 0 saturated heterocycles. The Bertz CT molecular complexity index is 742. The van der Waals surface area contributed by atoms with Crippen LogP contribution in [0.5, 0.6) is 0 Å². The minimum Gasteiger partial charge on any atom is -0.394 e. The maximum atomic E-state index is 5.81. The molecule has 0 radical (unpaired) electrons. The summed E-state index contributed by atoms with van der Waals surface area (Å²) < 4.78 is 1.07. The topological polar surface area (TPSA) is 63.8 Å². The van der Waals surface area contributed by atoms with E-state index in [2.05, 4.69) is 55.5 Å². The lowest BCUT2D eigenvalue weighted by Gasteiger charge is -2.08. The van der Waals surface area contributed by atoms with Crippen molar-refractivity contribution in [2.75, 3.05) is 11.1 Å². The molecule has 1 heterocycles. The Hall–Kier alpha value is -2.14. The predicted octanol–water partition coefficient (Wildman–Crippen LogP) is 3.72. The van der Waals surface area contributed by atoms with E-state index in [-0.39, 0.29) is 0 Å². The molecule has 3 N–H and O–H groups in total. The van der Waals surface area contributed by atoms with Crippen molar-refractivity contribution in [3.05, 3.63) is 53.4 Å². The number of fused-ring (bicyclic) bond motifs is 1. The van der Waals surface area contributed by atoms with Crippen LogP contribution in [0.3, 0.4) is 0 Å². The first-order valence-electron chi connectivity index (χ1n) is 5.74. The molecule has 0 saturated carbocycles. The summed E-state index contributed by atoms with van der Waals surface area (Å²) in [7, 11) is 0. The number of benzene rings is 2. The van der Waals surface area contributed by atoms with E-state index in [1.807, 2.05) is 12.1 Å². The fourth-order valence-electron chi connectivity index (χ4n) is 1.88. The smallest absolute Gasteiger partial charge is 0.157 e. The quantitative estimate of drug-likeness (QED) is 0.756. The number of halogens is 1. The van der Waals surface area contributed by atoms with Crippen molar-refractivity contribution >= 4 is 43.9 Å². The number of hydrogen-bond donors (Lipinski definition) is 2. The molecule has 0 aliphatic rings. The highest BCUT2D eigenvalue weighted by atomic mass is 79.9. The molecule has 0 aliphatic carbocycles. The molecule has 3 rings (SSSR count). The average Bonchev–Trinajstić information content (AvgIpc) is 2.41. The Kier molecular flexibility index (Phi) is 3.05. The van der Waals surface area contributed by atoms with Crippen molar-refractivity contribution < 1.29 is 0 Å². The van der Waals surface area contributed by atoms with Gasteiger partial charge in [0.25, 0.3) is 0 Å². The van der Waals surface area contributed by atoms with E-state index >= 15 is 0 Å². The van der Waals surface area contributed by atoms with Crippen LogP contribution in [0, 0.1) is 0 Å². The van der Waals surface area contributed by atoms with Crippen LogP contribution in [0.2, 0.25) is 0 Å². The van der Waals surface area contributed by atoms with Crippen LogP contribution in [-0.2, 0) is 0 Å². The van der Waals surface area contributed by atoms with E-state index in [9.17, 15) is 0 Å². The molecule has 0 fully saturated rings. The van der Waals surface area contributed by atoms with Gasteiger partial charge in [-0.2, -0.15) is 0 Å². The van der Waals surface area contributed by atoms with E-state index < -0.39 is 0 Å². The van der Waals surface area contributed by atoms with Gasteiger partial charge in [0.1, 0.15) is 6.33 Å². The van der Waals surface area contributed by atoms with Gasteiger partial charge < -0.3 is 11.1 Å². The maximum absolute atomic E-state index is 5.81. The molecule has 0 atom stereocenters. The second kappa shape index (κ2) is 4.85. The van der Waals surface area contributed by atoms with Crippen molar-refractivity contribution in [1.29, 1.82) is 0 Å². The van der Waals surface area contributed by atoms with Crippen LogP contribution >= 0.6 is 15.9 Å².